The van der Waals surface area contributed by atoms with Gasteiger partial charge in [0.1, 0.15) is 0 Å². The van der Waals surface area contributed by atoms with E-state index in [1.165, 1.54) is 10.1 Å². The number of fused-ring (bicyclic) bond motifs is 1. The van der Waals surface area contributed by atoms with Gasteiger partial charge in [-0.1, -0.05) is 12.1 Å². The Morgan fingerprint density at radius 2 is 2.00 bits per heavy atom. The van der Waals surface area contributed by atoms with E-state index in [1.54, 1.807) is 11.3 Å². The van der Waals surface area contributed by atoms with Crippen LogP contribution in [0, 0.1) is 5.38 Å². The molecule has 0 atom stereocenters. The summed E-state index contributed by atoms with van der Waals surface area (Å²) in [7, 11) is 0. The Balaban J connectivity index is 0.000000500. The maximum atomic E-state index is 3.08. The van der Waals surface area contributed by atoms with E-state index in [-0.39, 0.29) is 17.1 Å². The second-order valence-electron chi connectivity index (χ2n) is 1.90. The molecule has 0 unspecified atom stereocenters. The monoisotopic (exact) mass is 196 g/mol. The molecule has 0 aliphatic carbocycles. The molecule has 10 heavy (non-hydrogen) atoms. The molecule has 1 aromatic carbocycles. The van der Waals surface area contributed by atoms with Crippen LogP contribution in [0.2, 0.25) is 0 Å². The largest absolute Gasteiger partial charge is 1.00 e. The third-order valence-corrected chi connectivity index (χ3v) is 2.13. The van der Waals surface area contributed by atoms with Crippen LogP contribution in [-0.2, 0) is 17.1 Å². The van der Waals surface area contributed by atoms with Gasteiger partial charge in [-0.2, -0.15) is 11.5 Å². The molecule has 0 nitrogen and oxygen atoms in total. The molecule has 2 rings (SSSR count). The minimum absolute atomic E-state index is 0. The maximum Gasteiger partial charge on any atom is 1.00 e. The third-order valence-electron chi connectivity index (χ3n) is 1.30. The van der Waals surface area contributed by atoms with E-state index < -0.39 is 0 Å². The van der Waals surface area contributed by atoms with Crippen LogP contribution in [0.15, 0.2) is 30.3 Å². The van der Waals surface area contributed by atoms with E-state index in [9.17, 15) is 0 Å². The van der Waals surface area contributed by atoms with Crippen LogP contribution < -0.4 is 0 Å². The van der Waals surface area contributed by atoms with Crippen molar-refractivity contribution in [3.8, 4) is 0 Å². The number of benzene rings is 1. The fraction of sp³-hybridized carbons (Fsp3) is 0. The Morgan fingerprint density at radius 1 is 1.20 bits per heavy atom. The average Bonchev–Trinajstić information content (AvgIpc) is 2.33. The van der Waals surface area contributed by atoms with Gasteiger partial charge >= 0.3 is 17.1 Å². The number of rotatable bonds is 0. The van der Waals surface area contributed by atoms with Gasteiger partial charge in [0.15, 0.2) is 0 Å². The van der Waals surface area contributed by atoms with Crippen LogP contribution in [0.25, 0.3) is 10.1 Å². The van der Waals surface area contributed by atoms with Gasteiger partial charge in [-0.05, 0) is 0 Å². The molecule has 0 fully saturated rings. The van der Waals surface area contributed by atoms with Crippen molar-refractivity contribution in [3.63, 3.8) is 0 Å². The molecule has 0 N–H and O–H groups in total. The van der Waals surface area contributed by atoms with Crippen molar-refractivity contribution < 1.29 is 17.1 Å². The minimum atomic E-state index is 0. The van der Waals surface area contributed by atoms with E-state index in [2.05, 4.69) is 17.5 Å². The molecular weight excluding hydrogens is 192 g/mol. The zero-order valence-corrected chi connectivity index (χ0v) is 6.85. The van der Waals surface area contributed by atoms with Crippen LogP contribution in [0.4, 0.5) is 0 Å². The van der Waals surface area contributed by atoms with Gasteiger partial charge in [0.05, 0.1) is 0 Å². The molecule has 2 aromatic rings. The summed E-state index contributed by atoms with van der Waals surface area (Å²) < 4.78 is 1.32. The van der Waals surface area contributed by atoms with Crippen molar-refractivity contribution in [1.82, 2.24) is 0 Å². The predicted molar refractivity (Wildman–Crippen MR) is 40.7 cm³/mol. The summed E-state index contributed by atoms with van der Waals surface area (Å²) in [6.07, 6.45) is 0. The van der Waals surface area contributed by atoms with E-state index in [0.717, 1.165) is 0 Å². The van der Waals surface area contributed by atoms with Crippen LogP contribution in [0.3, 0.4) is 0 Å². The molecule has 2 heteroatoms. The normalized spacial score (nSPS) is 9.20. The first-order chi connectivity index (χ1) is 4.47. The summed E-state index contributed by atoms with van der Waals surface area (Å²) in [6, 6.07) is 10.3. The van der Waals surface area contributed by atoms with Crippen molar-refractivity contribution in [1.29, 1.82) is 0 Å². The molecule has 54 valence electrons. The topological polar surface area (TPSA) is 0 Å². The standard InChI is InChI=1S/C8H5S.Cu/c1-2-4-8-7(3-1)5-6-9-8;/h1-5H;/q-1;+1. The first kappa shape index (κ1) is 7.80. The zero-order chi connectivity index (χ0) is 6.10. The summed E-state index contributed by atoms with van der Waals surface area (Å²) >= 11 is 1.66. The summed E-state index contributed by atoms with van der Waals surface area (Å²) in [5.41, 5.74) is 0. The Bertz CT molecular complexity index is 283. The number of hydrogen-bond acceptors (Lipinski definition) is 1. The van der Waals surface area contributed by atoms with E-state index in [1.807, 2.05) is 18.2 Å². The molecule has 1 heterocycles. The van der Waals surface area contributed by atoms with Gasteiger partial charge in [-0.15, -0.1) is 22.2 Å². The van der Waals surface area contributed by atoms with Crippen molar-refractivity contribution in [2.45, 2.75) is 0 Å². The summed E-state index contributed by atoms with van der Waals surface area (Å²) in [4.78, 5) is 0. The average molecular weight is 197 g/mol. The molecule has 0 saturated heterocycles. The fourth-order valence-electron chi connectivity index (χ4n) is 0.849. The Kier molecular flexibility index (Phi) is 2.50. The van der Waals surface area contributed by atoms with Gasteiger partial charge < -0.3 is 0 Å². The SMILES string of the molecule is [Cu+].[c-]1cc2ccccc2s1. The smallest absolute Gasteiger partial charge is 0.296 e. The first-order valence-corrected chi connectivity index (χ1v) is 3.63. The first-order valence-electron chi connectivity index (χ1n) is 2.81. The van der Waals surface area contributed by atoms with Crippen molar-refractivity contribution in [2.75, 3.05) is 0 Å². The quantitative estimate of drug-likeness (QED) is 0.449. The van der Waals surface area contributed by atoms with E-state index in [0.29, 0.717) is 0 Å². The summed E-state index contributed by atoms with van der Waals surface area (Å²) in [5.74, 6) is 0. The second-order valence-corrected chi connectivity index (χ2v) is 2.78. The van der Waals surface area contributed by atoms with Crippen LogP contribution in [0.1, 0.15) is 0 Å². The van der Waals surface area contributed by atoms with Gasteiger partial charge in [0.2, 0.25) is 0 Å². The molecule has 0 bridgehead atoms. The zero-order valence-electron chi connectivity index (χ0n) is 5.10. The molecule has 1 aromatic heterocycles. The minimum Gasteiger partial charge on any atom is -0.296 e. The molecule has 0 saturated carbocycles. The van der Waals surface area contributed by atoms with Gasteiger partial charge in [0, 0.05) is 0 Å². The number of thiophene rings is 1. The van der Waals surface area contributed by atoms with Gasteiger partial charge in [0.25, 0.3) is 0 Å². The van der Waals surface area contributed by atoms with Crippen molar-refractivity contribution in [3.05, 3.63) is 35.7 Å². The Morgan fingerprint density at radius 3 is 2.80 bits per heavy atom. The summed E-state index contributed by atoms with van der Waals surface area (Å²) in [6.45, 7) is 0. The number of hydrogen-bond donors (Lipinski definition) is 0. The Labute approximate surface area is 74.3 Å². The van der Waals surface area contributed by atoms with Crippen molar-refractivity contribution in [2.24, 2.45) is 0 Å². The third kappa shape index (κ3) is 1.24. The molecule has 0 aliphatic rings. The van der Waals surface area contributed by atoms with E-state index in [4.69, 9.17) is 0 Å². The van der Waals surface area contributed by atoms with Crippen LogP contribution in [0.5, 0.6) is 0 Å². The predicted octanol–water partition coefficient (Wildman–Crippen LogP) is 2.70. The summed E-state index contributed by atoms with van der Waals surface area (Å²) in [5, 5.41) is 4.37. The van der Waals surface area contributed by atoms with Gasteiger partial charge in [-0.25, -0.2) is 0 Å². The van der Waals surface area contributed by atoms with Gasteiger partial charge in [-0.3, -0.25) is 11.3 Å². The van der Waals surface area contributed by atoms with Crippen LogP contribution in [-0.4, -0.2) is 0 Å². The molecule has 0 amide bonds. The molecule has 0 aliphatic heterocycles. The second kappa shape index (κ2) is 3.20. The molecule has 0 radical (unpaired) electrons. The maximum absolute atomic E-state index is 3.08. The molecular formula is C8H5CuS. The fourth-order valence-corrected chi connectivity index (χ4v) is 1.55. The Hall–Kier alpha value is -0.301. The van der Waals surface area contributed by atoms with Crippen molar-refractivity contribution >= 4 is 21.4 Å². The van der Waals surface area contributed by atoms with Crippen LogP contribution >= 0.6 is 11.3 Å². The van der Waals surface area contributed by atoms with E-state index >= 15 is 0 Å². The molecule has 0 spiro atoms.